The van der Waals surface area contributed by atoms with Gasteiger partial charge in [-0.3, -0.25) is 4.79 Å². The lowest BCUT2D eigenvalue weighted by Gasteiger charge is -2.34. The molecule has 7 heteroatoms. The number of Topliss-reactive ketones (excluding diaryl/α,β-unsaturated/α-hetero) is 1. The molecule has 2 aromatic heterocycles. The second kappa shape index (κ2) is 6.07. The summed E-state index contributed by atoms with van der Waals surface area (Å²) in [5, 5.41) is 10.4. The van der Waals surface area contributed by atoms with Crippen molar-refractivity contribution in [2.45, 2.75) is 24.8 Å². The van der Waals surface area contributed by atoms with Crippen LogP contribution in [0.2, 0.25) is 5.02 Å². The topological polar surface area (TPSA) is 59.8 Å². The average molecular weight is 383 g/mol. The number of rotatable bonds is 2. The Hall–Kier alpha value is -2.44. The van der Waals surface area contributed by atoms with Crippen molar-refractivity contribution in [1.82, 2.24) is 14.8 Å². The number of allylic oxidation sites excluding steroid dienone is 2. The Labute approximate surface area is 159 Å². The van der Waals surface area contributed by atoms with Gasteiger partial charge in [0.15, 0.2) is 5.78 Å². The fourth-order valence-corrected chi connectivity index (χ4v) is 4.78. The van der Waals surface area contributed by atoms with Gasteiger partial charge in [0.05, 0.1) is 0 Å². The third-order valence-corrected chi connectivity index (χ3v) is 6.19. The minimum atomic E-state index is -0.192. The zero-order valence-corrected chi connectivity index (χ0v) is 15.3. The van der Waals surface area contributed by atoms with Crippen LogP contribution in [0.5, 0.6) is 0 Å². The molecule has 5 nitrogen and oxygen atoms in total. The maximum atomic E-state index is 13.1. The molecule has 1 aliphatic heterocycles. The lowest BCUT2D eigenvalue weighted by Crippen LogP contribution is -2.33. The summed E-state index contributed by atoms with van der Waals surface area (Å²) >= 11 is 7.64. The first kappa shape index (κ1) is 15.8. The number of hydrogen-bond acceptors (Lipinski definition) is 5. The summed E-state index contributed by atoms with van der Waals surface area (Å²) in [6, 6.07) is 11.6. The number of carbonyl (C=O) groups is 1. The van der Waals surface area contributed by atoms with Crippen molar-refractivity contribution in [1.29, 1.82) is 0 Å². The molecule has 1 aliphatic carbocycles. The van der Waals surface area contributed by atoms with Gasteiger partial charge in [-0.15, -0.1) is 11.3 Å². The summed E-state index contributed by atoms with van der Waals surface area (Å²) < 4.78 is 1.81. The molecule has 130 valence electrons. The van der Waals surface area contributed by atoms with Crippen LogP contribution in [0, 0.1) is 0 Å². The molecule has 0 spiro atoms. The predicted molar refractivity (Wildman–Crippen MR) is 102 cm³/mol. The molecule has 0 amide bonds. The van der Waals surface area contributed by atoms with Crippen molar-refractivity contribution in [2.24, 2.45) is 0 Å². The third-order valence-electron chi connectivity index (χ3n) is 5.02. The number of nitrogens with zero attached hydrogens (tertiary/aromatic N) is 3. The zero-order valence-electron chi connectivity index (χ0n) is 13.7. The van der Waals surface area contributed by atoms with E-state index in [0.717, 1.165) is 28.1 Å². The number of fused-ring (bicyclic) bond motifs is 1. The molecule has 2 aliphatic rings. The van der Waals surface area contributed by atoms with Crippen LogP contribution in [-0.2, 0) is 4.79 Å². The number of benzene rings is 1. The first-order valence-electron chi connectivity index (χ1n) is 8.42. The molecule has 0 bridgehead atoms. The van der Waals surface area contributed by atoms with E-state index in [4.69, 9.17) is 11.6 Å². The normalized spacial score (nSPS) is 22.0. The van der Waals surface area contributed by atoms with Crippen LogP contribution in [-0.4, -0.2) is 20.5 Å². The minimum absolute atomic E-state index is 0.143. The summed E-state index contributed by atoms with van der Waals surface area (Å²) in [6.07, 6.45) is 2.80. The smallest absolute Gasteiger partial charge is 0.226 e. The van der Waals surface area contributed by atoms with Crippen LogP contribution in [0.3, 0.4) is 0 Å². The van der Waals surface area contributed by atoms with Gasteiger partial charge in [0.1, 0.15) is 12.4 Å². The molecule has 1 aromatic carbocycles. The quantitative estimate of drug-likeness (QED) is 0.713. The molecule has 0 fully saturated rings. The first-order chi connectivity index (χ1) is 12.7. The van der Waals surface area contributed by atoms with Gasteiger partial charge in [-0.25, -0.2) is 4.68 Å². The highest BCUT2D eigenvalue weighted by atomic mass is 35.5. The van der Waals surface area contributed by atoms with Crippen molar-refractivity contribution in [3.63, 3.8) is 0 Å². The van der Waals surface area contributed by atoms with E-state index >= 15 is 0 Å². The van der Waals surface area contributed by atoms with E-state index in [0.29, 0.717) is 17.4 Å². The Morgan fingerprint density at radius 3 is 2.81 bits per heavy atom. The summed E-state index contributed by atoms with van der Waals surface area (Å²) in [5.74, 6) is 0.995. The molecule has 0 saturated heterocycles. The molecule has 2 atom stereocenters. The maximum absolute atomic E-state index is 13.1. The van der Waals surface area contributed by atoms with E-state index in [1.54, 1.807) is 11.3 Å². The predicted octanol–water partition coefficient (Wildman–Crippen LogP) is 4.41. The maximum Gasteiger partial charge on any atom is 0.226 e. The number of thiophene rings is 1. The zero-order chi connectivity index (χ0) is 17.7. The standard InChI is InChI=1S/C19H15ClN4OS/c20-13-5-3-11(4-6-13)12-8-14-17(15(25)9-12)18(16-2-1-7-26-16)24-19(23-14)21-10-22-24/h1-7,10,12,18H,8-9H2,(H,21,22,23)/t12-,18+/m0/s1. The number of ketones is 1. The van der Waals surface area contributed by atoms with E-state index in [1.807, 2.05) is 40.4 Å². The Bertz CT molecular complexity index is 1010. The van der Waals surface area contributed by atoms with Gasteiger partial charge in [0.2, 0.25) is 5.95 Å². The van der Waals surface area contributed by atoms with Gasteiger partial charge in [0.25, 0.3) is 0 Å². The van der Waals surface area contributed by atoms with Gasteiger partial charge in [-0.1, -0.05) is 29.8 Å². The van der Waals surface area contributed by atoms with Crippen molar-refractivity contribution < 1.29 is 4.79 Å². The summed E-state index contributed by atoms with van der Waals surface area (Å²) in [6.45, 7) is 0. The first-order valence-corrected chi connectivity index (χ1v) is 9.68. The molecule has 0 saturated carbocycles. The average Bonchev–Trinajstić information content (AvgIpc) is 3.32. The van der Waals surface area contributed by atoms with Crippen molar-refractivity contribution in [3.05, 3.63) is 74.8 Å². The Balaban J connectivity index is 1.58. The molecule has 3 heterocycles. The van der Waals surface area contributed by atoms with Crippen LogP contribution >= 0.6 is 22.9 Å². The number of aromatic nitrogens is 3. The molecule has 1 N–H and O–H groups in total. The summed E-state index contributed by atoms with van der Waals surface area (Å²) in [4.78, 5) is 18.6. The van der Waals surface area contributed by atoms with Gasteiger partial charge in [-0.05, 0) is 41.5 Å². The molecule has 3 aromatic rings. The highest BCUT2D eigenvalue weighted by Crippen LogP contribution is 2.44. The van der Waals surface area contributed by atoms with Gasteiger partial charge in [0, 0.05) is 27.6 Å². The summed E-state index contributed by atoms with van der Waals surface area (Å²) in [7, 11) is 0. The highest BCUT2D eigenvalue weighted by Gasteiger charge is 2.39. The Morgan fingerprint density at radius 2 is 2.04 bits per heavy atom. The number of anilines is 1. The molecule has 26 heavy (non-hydrogen) atoms. The molecular weight excluding hydrogens is 368 g/mol. The Kier molecular flexibility index (Phi) is 3.69. The van der Waals surface area contributed by atoms with Crippen molar-refractivity contribution in [2.75, 3.05) is 5.32 Å². The number of hydrogen-bond donors (Lipinski definition) is 1. The van der Waals surface area contributed by atoms with Crippen LogP contribution in [0.15, 0.2) is 59.4 Å². The molecule has 5 rings (SSSR count). The van der Waals surface area contributed by atoms with Crippen molar-refractivity contribution >= 4 is 34.7 Å². The minimum Gasteiger partial charge on any atom is -0.328 e. The molecule has 0 unspecified atom stereocenters. The van der Waals surface area contributed by atoms with E-state index in [9.17, 15) is 4.79 Å². The van der Waals surface area contributed by atoms with Gasteiger partial charge >= 0.3 is 0 Å². The van der Waals surface area contributed by atoms with E-state index in [-0.39, 0.29) is 17.7 Å². The van der Waals surface area contributed by atoms with Gasteiger partial charge in [-0.2, -0.15) is 10.1 Å². The highest BCUT2D eigenvalue weighted by molar-refractivity contribution is 7.10. The van der Waals surface area contributed by atoms with E-state index in [1.165, 1.54) is 6.33 Å². The van der Waals surface area contributed by atoms with Crippen LogP contribution in [0.1, 0.15) is 35.2 Å². The molecular formula is C19H15ClN4OS. The molecule has 0 radical (unpaired) electrons. The van der Waals surface area contributed by atoms with Crippen LogP contribution in [0.4, 0.5) is 5.95 Å². The third kappa shape index (κ3) is 2.48. The van der Waals surface area contributed by atoms with E-state index < -0.39 is 0 Å². The number of nitrogens with one attached hydrogen (secondary N) is 1. The van der Waals surface area contributed by atoms with Gasteiger partial charge < -0.3 is 5.32 Å². The SMILES string of the molecule is O=C1C[C@@H](c2ccc(Cl)cc2)CC2=C1[C@@H](c1cccs1)n1ncnc1N2. The monoisotopic (exact) mass is 382 g/mol. The lowest BCUT2D eigenvalue weighted by atomic mass is 9.79. The van der Waals surface area contributed by atoms with Crippen LogP contribution < -0.4 is 5.32 Å². The fraction of sp³-hybridized carbons (Fsp3) is 0.211. The second-order valence-electron chi connectivity index (χ2n) is 6.54. The van der Waals surface area contributed by atoms with E-state index in [2.05, 4.69) is 21.5 Å². The largest absolute Gasteiger partial charge is 0.328 e. The summed E-state index contributed by atoms with van der Waals surface area (Å²) in [5.41, 5.74) is 2.91. The van der Waals surface area contributed by atoms with Crippen molar-refractivity contribution in [3.8, 4) is 0 Å². The fourth-order valence-electron chi connectivity index (χ4n) is 3.83. The Morgan fingerprint density at radius 1 is 1.19 bits per heavy atom. The number of halogens is 1. The number of carbonyl (C=O) groups excluding carboxylic acids is 1. The van der Waals surface area contributed by atoms with Crippen LogP contribution in [0.25, 0.3) is 0 Å². The second-order valence-corrected chi connectivity index (χ2v) is 7.96. The lowest BCUT2D eigenvalue weighted by molar-refractivity contribution is -0.116.